The summed E-state index contributed by atoms with van der Waals surface area (Å²) < 4.78 is 11.1. The highest BCUT2D eigenvalue weighted by Gasteiger charge is 2.31. The number of aryl methyl sites for hydroxylation is 1. The third-order valence-electron chi connectivity index (χ3n) is 4.26. The zero-order valence-corrected chi connectivity index (χ0v) is 16.9. The number of hydrogen-bond donors (Lipinski definition) is 1. The topological polar surface area (TPSA) is 94.1 Å². The molecule has 148 valence electrons. The maximum atomic E-state index is 12.4. The third kappa shape index (κ3) is 4.65. The highest BCUT2D eigenvalue weighted by atomic mass is 16.5. The Labute approximate surface area is 164 Å². The van der Waals surface area contributed by atoms with Crippen molar-refractivity contribution in [3.8, 4) is 11.3 Å². The van der Waals surface area contributed by atoms with Crippen LogP contribution < -0.4 is 5.32 Å². The van der Waals surface area contributed by atoms with Crippen molar-refractivity contribution in [2.45, 2.75) is 58.4 Å². The van der Waals surface area contributed by atoms with Gasteiger partial charge in [0, 0.05) is 23.8 Å². The van der Waals surface area contributed by atoms with Gasteiger partial charge in [0.15, 0.2) is 17.5 Å². The molecule has 3 aromatic rings. The molecule has 0 spiro atoms. The summed E-state index contributed by atoms with van der Waals surface area (Å²) in [5.41, 5.74) is -0.0265. The monoisotopic (exact) mass is 382 g/mol. The molecule has 28 heavy (non-hydrogen) atoms. The van der Waals surface area contributed by atoms with Crippen molar-refractivity contribution in [1.29, 1.82) is 0 Å². The van der Waals surface area contributed by atoms with Crippen LogP contribution in [-0.2, 0) is 22.2 Å². The molecule has 0 saturated carbocycles. The number of hydrogen-bond acceptors (Lipinski definition) is 6. The lowest BCUT2D eigenvalue weighted by Gasteiger charge is -2.22. The minimum absolute atomic E-state index is 0.133. The minimum Gasteiger partial charge on any atom is -0.441 e. The second-order valence-corrected chi connectivity index (χ2v) is 8.33. The predicted molar refractivity (Wildman–Crippen MR) is 104 cm³/mol. The fourth-order valence-corrected chi connectivity index (χ4v) is 2.63. The number of benzene rings is 1. The number of oxazole rings is 1. The highest BCUT2D eigenvalue weighted by molar-refractivity contribution is 5.77. The van der Waals surface area contributed by atoms with Gasteiger partial charge in [-0.2, -0.15) is 4.98 Å². The molecule has 0 aliphatic heterocycles. The predicted octanol–water partition coefficient (Wildman–Crippen LogP) is 4.01. The SMILES string of the molecule is CC(C)(C)c1nc(C(C)(C)NC(=O)CCc2ncc(-c3ccccc3)o2)no1. The number of nitrogens with one attached hydrogen (secondary N) is 1. The molecule has 0 radical (unpaired) electrons. The zero-order chi connectivity index (χ0) is 20.4. The maximum absolute atomic E-state index is 12.4. The Kier molecular flexibility index (Phi) is 5.36. The molecule has 2 aromatic heterocycles. The van der Waals surface area contributed by atoms with Crippen LogP contribution in [-0.4, -0.2) is 21.0 Å². The molecule has 1 N–H and O–H groups in total. The fraction of sp³-hybridized carbons (Fsp3) is 0.429. The Hall–Kier alpha value is -2.96. The Bertz CT molecular complexity index is 936. The smallest absolute Gasteiger partial charge is 0.232 e. The molecule has 0 aliphatic carbocycles. The van der Waals surface area contributed by atoms with Crippen LogP contribution in [0.15, 0.2) is 45.5 Å². The summed E-state index contributed by atoms with van der Waals surface area (Å²) in [7, 11) is 0. The summed E-state index contributed by atoms with van der Waals surface area (Å²) >= 11 is 0. The zero-order valence-electron chi connectivity index (χ0n) is 16.9. The van der Waals surface area contributed by atoms with E-state index in [2.05, 4.69) is 20.4 Å². The van der Waals surface area contributed by atoms with Gasteiger partial charge in [0.2, 0.25) is 11.8 Å². The van der Waals surface area contributed by atoms with Gasteiger partial charge in [0.05, 0.1) is 11.7 Å². The number of rotatable bonds is 6. The van der Waals surface area contributed by atoms with Crippen molar-refractivity contribution >= 4 is 5.91 Å². The Balaban J connectivity index is 1.58. The first-order chi connectivity index (χ1) is 13.1. The second-order valence-electron chi connectivity index (χ2n) is 8.33. The number of amides is 1. The van der Waals surface area contributed by atoms with Gasteiger partial charge in [-0.25, -0.2) is 4.98 Å². The van der Waals surface area contributed by atoms with E-state index in [0.29, 0.717) is 29.8 Å². The molecule has 2 heterocycles. The van der Waals surface area contributed by atoms with Crippen molar-refractivity contribution in [1.82, 2.24) is 20.4 Å². The van der Waals surface area contributed by atoms with Crippen LogP contribution in [0.25, 0.3) is 11.3 Å². The van der Waals surface area contributed by atoms with E-state index in [-0.39, 0.29) is 17.7 Å². The van der Waals surface area contributed by atoms with Crippen LogP contribution >= 0.6 is 0 Å². The molecule has 0 aliphatic rings. The first-order valence-electron chi connectivity index (χ1n) is 9.31. The molecular formula is C21H26N4O3. The maximum Gasteiger partial charge on any atom is 0.232 e. The molecular weight excluding hydrogens is 356 g/mol. The number of aromatic nitrogens is 3. The van der Waals surface area contributed by atoms with E-state index >= 15 is 0 Å². The molecule has 1 aromatic carbocycles. The van der Waals surface area contributed by atoms with Crippen LogP contribution in [0, 0.1) is 0 Å². The van der Waals surface area contributed by atoms with Crippen LogP contribution in [0.5, 0.6) is 0 Å². The summed E-state index contributed by atoms with van der Waals surface area (Å²) in [6.45, 7) is 9.68. The second kappa shape index (κ2) is 7.58. The van der Waals surface area contributed by atoms with Crippen molar-refractivity contribution < 1.29 is 13.7 Å². The Morgan fingerprint density at radius 1 is 1.11 bits per heavy atom. The molecule has 7 nitrogen and oxygen atoms in total. The molecule has 0 atom stereocenters. The van der Waals surface area contributed by atoms with Gasteiger partial charge in [0.1, 0.15) is 0 Å². The van der Waals surface area contributed by atoms with Gasteiger partial charge in [0.25, 0.3) is 0 Å². The van der Waals surface area contributed by atoms with E-state index in [1.54, 1.807) is 6.20 Å². The van der Waals surface area contributed by atoms with Crippen molar-refractivity contribution in [2.75, 3.05) is 0 Å². The third-order valence-corrected chi connectivity index (χ3v) is 4.26. The normalized spacial score (nSPS) is 12.2. The van der Waals surface area contributed by atoms with Crippen molar-refractivity contribution in [2.24, 2.45) is 0 Å². The Morgan fingerprint density at radius 2 is 1.82 bits per heavy atom. The van der Waals surface area contributed by atoms with Crippen molar-refractivity contribution in [3.63, 3.8) is 0 Å². The lowest BCUT2D eigenvalue weighted by Crippen LogP contribution is -2.42. The van der Waals surface area contributed by atoms with E-state index in [0.717, 1.165) is 5.56 Å². The van der Waals surface area contributed by atoms with E-state index in [4.69, 9.17) is 8.94 Å². The quantitative estimate of drug-likeness (QED) is 0.692. The van der Waals surface area contributed by atoms with Gasteiger partial charge < -0.3 is 14.3 Å². The van der Waals surface area contributed by atoms with Gasteiger partial charge >= 0.3 is 0 Å². The molecule has 0 fully saturated rings. The lowest BCUT2D eigenvalue weighted by atomic mass is 9.97. The summed E-state index contributed by atoms with van der Waals surface area (Å²) in [5, 5.41) is 6.98. The largest absolute Gasteiger partial charge is 0.441 e. The lowest BCUT2D eigenvalue weighted by molar-refractivity contribution is -0.122. The standard InChI is InChI=1S/C21H26N4O3/c1-20(2,3)19-23-18(25-28-19)21(4,5)24-16(26)11-12-17-22-13-15(27-17)14-9-7-6-8-10-14/h6-10,13H,11-12H2,1-5H3,(H,24,26). The first-order valence-corrected chi connectivity index (χ1v) is 9.31. The summed E-state index contributed by atoms with van der Waals surface area (Å²) in [4.78, 5) is 21.1. The van der Waals surface area contributed by atoms with Gasteiger partial charge in [-0.15, -0.1) is 0 Å². The van der Waals surface area contributed by atoms with E-state index in [9.17, 15) is 4.79 Å². The van der Waals surface area contributed by atoms with Crippen LogP contribution in [0.2, 0.25) is 0 Å². The average Bonchev–Trinajstić information content (AvgIpc) is 3.30. The molecule has 0 saturated heterocycles. The van der Waals surface area contributed by atoms with E-state index in [1.807, 2.05) is 65.0 Å². The number of carbonyl (C=O) groups is 1. The molecule has 3 rings (SSSR count). The summed E-state index contributed by atoms with van der Waals surface area (Å²) in [6.07, 6.45) is 2.34. The summed E-state index contributed by atoms with van der Waals surface area (Å²) in [6, 6.07) is 9.74. The minimum atomic E-state index is -0.740. The molecule has 7 heteroatoms. The molecule has 1 amide bonds. The highest BCUT2D eigenvalue weighted by Crippen LogP contribution is 2.24. The summed E-state index contributed by atoms with van der Waals surface area (Å²) in [5.74, 6) is 2.08. The van der Waals surface area contributed by atoms with Crippen molar-refractivity contribution in [3.05, 3.63) is 54.1 Å². The number of nitrogens with zero attached hydrogens (tertiary/aromatic N) is 3. The Morgan fingerprint density at radius 3 is 2.46 bits per heavy atom. The fourth-order valence-electron chi connectivity index (χ4n) is 2.63. The van der Waals surface area contributed by atoms with E-state index < -0.39 is 5.54 Å². The van der Waals surface area contributed by atoms with Gasteiger partial charge in [-0.1, -0.05) is 56.3 Å². The number of carbonyl (C=O) groups excluding carboxylic acids is 1. The average molecular weight is 382 g/mol. The van der Waals surface area contributed by atoms with E-state index in [1.165, 1.54) is 0 Å². The first kappa shape index (κ1) is 19.8. The molecule has 0 unspecified atom stereocenters. The molecule has 0 bridgehead atoms. The van der Waals surface area contributed by atoms with Crippen LogP contribution in [0.3, 0.4) is 0 Å². The van der Waals surface area contributed by atoms with Crippen LogP contribution in [0.1, 0.15) is 58.6 Å². The van der Waals surface area contributed by atoms with Crippen LogP contribution in [0.4, 0.5) is 0 Å². The van der Waals surface area contributed by atoms with Gasteiger partial charge in [-0.3, -0.25) is 4.79 Å². The van der Waals surface area contributed by atoms with Gasteiger partial charge in [-0.05, 0) is 13.8 Å².